The number of ketones is 1. The Kier molecular flexibility index (Phi) is 12.0. The number of carbonyl (C=O) groups is 6. The van der Waals surface area contributed by atoms with Gasteiger partial charge >= 0.3 is 23.9 Å². The predicted octanol–water partition coefficient (Wildman–Crippen LogP) is 3.73. The topological polar surface area (TPSA) is 221 Å². The highest BCUT2D eigenvalue weighted by molar-refractivity contribution is 6.06. The van der Waals surface area contributed by atoms with Crippen molar-refractivity contribution in [2.75, 3.05) is 13.7 Å². The van der Waals surface area contributed by atoms with E-state index in [0.29, 0.717) is 0 Å². The van der Waals surface area contributed by atoms with Crippen LogP contribution in [0.2, 0.25) is 0 Å². The Balaban J connectivity index is 1.39. The van der Waals surface area contributed by atoms with Gasteiger partial charge in [-0.05, 0) is 67.0 Å². The number of halogens is 1. The van der Waals surface area contributed by atoms with E-state index in [1.54, 1.807) is 48.5 Å². The molecule has 1 heterocycles. The van der Waals surface area contributed by atoms with E-state index in [0.717, 1.165) is 26.2 Å². The summed E-state index contributed by atoms with van der Waals surface area (Å²) in [5, 5.41) is 40.1. The molecule has 3 aromatic carbocycles. The smallest absolute Gasteiger partial charge is 0.338 e. The number of esters is 4. The molecule has 1 saturated heterocycles. The lowest BCUT2D eigenvalue weighted by Gasteiger charge is -2.67. The van der Waals surface area contributed by atoms with E-state index in [2.05, 4.69) is 5.32 Å². The number of benzene rings is 3. The first-order chi connectivity index (χ1) is 29.7. The molecule has 0 radical (unpaired) electrons. The van der Waals surface area contributed by atoms with Crippen molar-refractivity contribution in [3.05, 3.63) is 119 Å². The number of carbonyl (C=O) groups excluding carboxylic acids is 6. The number of Topliss-reactive ketones (excluding diaryl/α,β-unsaturated/α-hetero) is 1. The predicted molar refractivity (Wildman–Crippen MR) is 218 cm³/mol. The first-order valence-electron chi connectivity index (χ1n) is 20.5. The first kappa shape index (κ1) is 45.2. The number of ether oxygens (including phenoxy) is 5. The molecule has 4 aliphatic rings. The second-order valence-corrected chi connectivity index (χ2v) is 17.5. The highest BCUT2D eigenvalue weighted by Crippen LogP contribution is 2.65. The van der Waals surface area contributed by atoms with Gasteiger partial charge in [0.1, 0.15) is 35.6 Å². The van der Waals surface area contributed by atoms with E-state index in [1.807, 2.05) is 0 Å². The fourth-order valence-corrected chi connectivity index (χ4v) is 10.3. The number of aliphatic hydroxyl groups is 3. The van der Waals surface area contributed by atoms with Crippen molar-refractivity contribution in [2.45, 2.75) is 95.2 Å². The molecule has 3 aliphatic carbocycles. The number of nitrogens with one attached hydrogen (secondary N) is 1. The van der Waals surface area contributed by atoms with E-state index in [9.17, 15) is 43.7 Å². The normalized spacial score (nSPS) is 31.6. The molecule has 3 fully saturated rings. The van der Waals surface area contributed by atoms with Crippen molar-refractivity contribution < 1.29 is 72.2 Å². The summed E-state index contributed by atoms with van der Waals surface area (Å²) < 4.78 is 43.3. The fraction of sp³-hybridized carbons (Fsp3) is 0.447. The lowest BCUT2D eigenvalue weighted by atomic mass is 9.43. The van der Waals surface area contributed by atoms with Gasteiger partial charge in [0.2, 0.25) is 0 Å². The SMILES string of the molecule is COC(=O)[C@H]1C(=O)[C@@]2(C)[C@H]([C@H](OC(=O)c3ccccc3)[C@]3(O)C[C@H](OC(=O)[C@H](O)[C@@H](NC(=O)c4ccc(F)cc4)c4ccccc4)C(C)=C1C3(C)C)[C@]1(OC(C)=O)CO[C@@H]1C[C@@H]2O. The summed E-state index contributed by atoms with van der Waals surface area (Å²) in [6.45, 7) is 6.69. The van der Waals surface area contributed by atoms with E-state index >= 15 is 4.79 Å². The Morgan fingerprint density at radius 1 is 0.905 bits per heavy atom. The number of amides is 1. The molecule has 2 saturated carbocycles. The third-order valence-electron chi connectivity index (χ3n) is 13.8. The fourth-order valence-electron chi connectivity index (χ4n) is 10.3. The minimum atomic E-state index is -2.44. The minimum absolute atomic E-state index is 0.0235. The molecule has 0 aromatic heterocycles. The standard InChI is InChI=1S/C47H50FNO14/c1-24-30(61-43(57)36(52)35(26-13-9-7-10-14-26)49-40(54)27-17-19-29(48)20-18-27)22-47(58)39(62-41(55)28-15-11-8-12-16-28)37-45(5,31(51)21-32-46(37,23-60-32)63-25(2)50)38(53)33(42(56)59-6)34(24)44(47,3)4/h7-20,30-33,35-37,39,51-52,58H,21-23H2,1-6H3,(H,49,54)/t30-,31-,32+,33+,35-,36+,37-,39-,45+,46-,47+/m0/s1. The molecule has 3 aromatic rings. The lowest BCUT2D eigenvalue weighted by Crippen LogP contribution is -2.81. The van der Waals surface area contributed by atoms with Crippen molar-refractivity contribution in [3.63, 3.8) is 0 Å². The zero-order valence-electron chi connectivity index (χ0n) is 35.5. The van der Waals surface area contributed by atoms with Crippen LogP contribution in [-0.2, 0) is 42.9 Å². The molecule has 0 spiro atoms. The quantitative estimate of drug-likeness (QED) is 0.0988. The summed E-state index contributed by atoms with van der Waals surface area (Å²) >= 11 is 0. The Labute approximate surface area is 362 Å². The van der Waals surface area contributed by atoms with Gasteiger partial charge in [0.05, 0.1) is 42.8 Å². The molecule has 1 amide bonds. The molecule has 16 heteroatoms. The third-order valence-corrected chi connectivity index (χ3v) is 13.8. The summed E-state index contributed by atoms with van der Waals surface area (Å²) in [6.07, 6.45) is -9.03. The number of aliphatic hydroxyl groups excluding tert-OH is 2. The van der Waals surface area contributed by atoms with Gasteiger partial charge in [-0.25, -0.2) is 14.0 Å². The van der Waals surface area contributed by atoms with Crippen molar-refractivity contribution in [2.24, 2.45) is 22.7 Å². The lowest BCUT2D eigenvalue weighted by molar-refractivity contribution is -0.345. The molecule has 11 atom stereocenters. The number of rotatable bonds is 10. The average molecular weight is 872 g/mol. The van der Waals surface area contributed by atoms with Gasteiger partial charge in [-0.1, -0.05) is 62.4 Å². The monoisotopic (exact) mass is 871 g/mol. The van der Waals surface area contributed by atoms with Crippen molar-refractivity contribution in [1.82, 2.24) is 5.32 Å². The summed E-state index contributed by atoms with van der Waals surface area (Å²) in [6, 6.07) is 18.9. The van der Waals surface area contributed by atoms with E-state index in [4.69, 9.17) is 23.7 Å². The highest BCUT2D eigenvalue weighted by Gasteiger charge is 2.78. The van der Waals surface area contributed by atoms with E-state index in [-0.39, 0.29) is 40.9 Å². The van der Waals surface area contributed by atoms with Crippen LogP contribution in [0.4, 0.5) is 4.39 Å². The molecule has 334 valence electrons. The largest absolute Gasteiger partial charge is 0.468 e. The second kappa shape index (κ2) is 16.7. The molecule has 2 bridgehead atoms. The molecule has 4 N–H and O–H groups in total. The molecule has 15 nitrogen and oxygen atoms in total. The second-order valence-electron chi connectivity index (χ2n) is 17.5. The van der Waals surface area contributed by atoms with Gasteiger partial charge in [0.15, 0.2) is 17.5 Å². The van der Waals surface area contributed by atoms with Crippen LogP contribution in [0.3, 0.4) is 0 Å². The highest BCUT2D eigenvalue weighted by atomic mass is 19.1. The third kappa shape index (κ3) is 7.41. The Morgan fingerprint density at radius 2 is 1.52 bits per heavy atom. The van der Waals surface area contributed by atoms with Crippen LogP contribution in [0.1, 0.15) is 79.8 Å². The molecule has 63 heavy (non-hydrogen) atoms. The Morgan fingerprint density at radius 3 is 2.10 bits per heavy atom. The van der Waals surface area contributed by atoms with Crippen LogP contribution >= 0.6 is 0 Å². The minimum Gasteiger partial charge on any atom is -0.468 e. The van der Waals surface area contributed by atoms with Crippen LogP contribution in [0.25, 0.3) is 0 Å². The Bertz CT molecular complexity index is 2340. The van der Waals surface area contributed by atoms with Crippen LogP contribution in [0.5, 0.6) is 0 Å². The molecule has 0 unspecified atom stereocenters. The van der Waals surface area contributed by atoms with Gasteiger partial charge in [-0.2, -0.15) is 0 Å². The number of fused-ring (bicyclic) bond motifs is 5. The summed E-state index contributed by atoms with van der Waals surface area (Å²) in [7, 11) is 1.06. The number of methoxy groups -OCH3 is 1. The van der Waals surface area contributed by atoms with Crippen molar-refractivity contribution in [3.8, 4) is 0 Å². The molecule has 1 aliphatic heterocycles. The maximum Gasteiger partial charge on any atom is 0.338 e. The van der Waals surface area contributed by atoms with E-state index < -0.39 is 118 Å². The van der Waals surface area contributed by atoms with Crippen molar-refractivity contribution >= 4 is 35.6 Å². The van der Waals surface area contributed by atoms with Crippen LogP contribution in [0, 0.1) is 28.5 Å². The zero-order chi connectivity index (χ0) is 45.8. The summed E-state index contributed by atoms with van der Waals surface area (Å²) in [5.74, 6) is -9.86. The van der Waals surface area contributed by atoms with Crippen LogP contribution in [-0.4, -0.2) is 106 Å². The number of hydrogen-bond donors (Lipinski definition) is 4. The van der Waals surface area contributed by atoms with Crippen LogP contribution < -0.4 is 5.32 Å². The molecular formula is C47H50FNO14. The van der Waals surface area contributed by atoms with Crippen LogP contribution in [0.15, 0.2) is 96.1 Å². The summed E-state index contributed by atoms with van der Waals surface area (Å²) in [4.78, 5) is 84.7. The Hall–Kier alpha value is -5.81. The van der Waals surface area contributed by atoms with Gasteiger partial charge in [-0.3, -0.25) is 19.2 Å². The van der Waals surface area contributed by atoms with Gasteiger partial charge < -0.3 is 44.3 Å². The summed E-state index contributed by atoms with van der Waals surface area (Å²) in [5.41, 5.74) is -7.67. The maximum atomic E-state index is 15.5. The van der Waals surface area contributed by atoms with Crippen molar-refractivity contribution in [1.29, 1.82) is 0 Å². The molecule has 7 rings (SSSR count). The zero-order valence-corrected chi connectivity index (χ0v) is 35.5. The van der Waals surface area contributed by atoms with Gasteiger partial charge in [0.25, 0.3) is 5.91 Å². The van der Waals surface area contributed by atoms with Gasteiger partial charge in [0, 0.05) is 30.7 Å². The van der Waals surface area contributed by atoms with E-state index in [1.165, 1.54) is 52.0 Å². The first-order valence-corrected chi connectivity index (χ1v) is 20.5. The maximum absolute atomic E-state index is 15.5. The van der Waals surface area contributed by atoms with Gasteiger partial charge in [-0.15, -0.1) is 0 Å². The molecular weight excluding hydrogens is 822 g/mol. The average Bonchev–Trinajstić information content (AvgIpc) is 3.25. The number of hydrogen-bond acceptors (Lipinski definition) is 14.